The first kappa shape index (κ1) is 20.7. The number of amides is 1. The van der Waals surface area contributed by atoms with E-state index in [9.17, 15) is 22.4 Å². The number of imidazole rings is 1. The zero-order valence-corrected chi connectivity index (χ0v) is 17.8. The zero-order valence-electron chi connectivity index (χ0n) is 17.8. The lowest BCUT2D eigenvalue weighted by atomic mass is 9.53. The number of aromatic nitrogens is 2. The van der Waals surface area contributed by atoms with Gasteiger partial charge < -0.3 is 5.32 Å². The Kier molecular flexibility index (Phi) is 4.42. The third-order valence-electron chi connectivity index (χ3n) is 7.72. The third-order valence-corrected chi connectivity index (χ3v) is 7.72. The number of nitrogens with one attached hydrogen (secondary N) is 1. The van der Waals surface area contributed by atoms with E-state index < -0.39 is 17.6 Å². The predicted molar refractivity (Wildman–Crippen MR) is 114 cm³/mol. The van der Waals surface area contributed by atoms with Gasteiger partial charge in [0.25, 0.3) is 5.91 Å². The Morgan fingerprint density at radius 1 is 1.03 bits per heavy atom. The van der Waals surface area contributed by atoms with Crippen LogP contribution in [0, 0.1) is 23.6 Å². The molecule has 4 fully saturated rings. The summed E-state index contributed by atoms with van der Waals surface area (Å²) in [6.45, 7) is 0. The monoisotopic (exact) mass is 457 g/mol. The van der Waals surface area contributed by atoms with Crippen molar-refractivity contribution in [1.29, 1.82) is 0 Å². The molecule has 3 aromatic rings. The van der Waals surface area contributed by atoms with Crippen molar-refractivity contribution in [3.05, 3.63) is 59.7 Å². The number of rotatable bonds is 3. The summed E-state index contributed by atoms with van der Waals surface area (Å²) in [7, 11) is 0. The fourth-order valence-corrected chi connectivity index (χ4v) is 6.83. The molecule has 4 aliphatic rings. The van der Waals surface area contributed by atoms with Crippen molar-refractivity contribution in [2.45, 2.75) is 50.2 Å². The molecule has 33 heavy (non-hydrogen) atoms. The number of carbonyl (C=O) groups excluding carboxylic acids is 1. The van der Waals surface area contributed by atoms with Crippen LogP contribution in [-0.2, 0) is 6.18 Å². The number of alkyl halides is 3. The molecular formula is C25H23F4N3O. The zero-order chi connectivity index (χ0) is 23.0. The van der Waals surface area contributed by atoms with Crippen molar-refractivity contribution in [2.75, 3.05) is 0 Å². The smallest absolute Gasteiger partial charge is 0.345 e. The minimum absolute atomic E-state index is 0.0851. The molecule has 4 saturated carbocycles. The first-order chi connectivity index (χ1) is 15.7. The minimum Gasteiger partial charge on any atom is -0.345 e. The van der Waals surface area contributed by atoms with Gasteiger partial charge in [0.2, 0.25) is 0 Å². The van der Waals surface area contributed by atoms with E-state index in [-0.39, 0.29) is 28.5 Å². The van der Waals surface area contributed by atoms with Crippen LogP contribution in [0.2, 0.25) is 0 Å². The summed E-state index contributed by atoms with van der Waals surface area (Å²) in [5.74, 6) is 0.742. The van der Waals surface area contributed by atoms with Crippen LogP contribution in [-0.4, -0.2) is 20.8 Å². The summed E-state index contributed by atoms with van der Waals surface area (Å²) in [5.41, 5.74) is -0.701. The first-order valence-electron chi connectivity index (χ1n) is 11.4. The Labute approximate surface area is 188 Å². The van der Waals surface area contributed by atoms with Gasteiger partial charge in [-0.15, -0.1) is 0 Å². The number of benzene rings is 1. The first-order valence-corrected chi connectivity index (χ1v) is 11.4. The van der Waals surface area contributed by atoms with E-state index in [4.69, 9.17) is 0 Å². The second kappa shape index (κ2) is 7.05. The van der Waals surface area contributed by atoms with Crippen molar-refractivity contribution in [3.63, 3.8) is 0 Å². The second-order valence-corrected chi connectivity index (χ2v) is 10.1. The van der Waals surface area contributed by atoms with E-state index >= 15 is 0 Å². The highest BCUT2D eigenvalue weighted by Gasteiger charge is 2.51. The third kappa shape index (κ3) is 3.42. The molecule has 0 atom stereocenters. The Morgan fingerprint density at radius 3 is 2.30 bits per heavy atom. The van der Waals surface area contributed by atoms with Crippen LogP contribution >= 0.6 is 0 Å². The summed E-state index contributed by atoms with van der Waals surface area (Å²) in [6, 6.07) is 7.55. The van der Waals surface area contributed by atoms with Crippen LogP contribution in [0.5, 0.6) is 0 Å². The predicted octanol–water partition coefficient (Wildman–Crippen LogP) is 5.86. The summed E-state index contributed by atoms with van der Waals surface area (Å²) >= 11 is 0. The molecule has 0 saturated heterocycles. The summed E-state index contributed by atoms with van der Waals surface area (Å²) in [5, 5.41) is 3.28. The van der Waals surface area contributed by atoms with E-state index in [1.807, 2.05) is 0 Å². The molecule has 172 valence electrons. The van der Waals surface area contributed by atoms with Gasteiger partial charge in [-0.3, -0.25) is 9.20 Å². The van der Waals surface area contributed by atoms with Gasteiger partial charge in [-0.25, -0.2) is 9.37 Å². The molecule has 0 spiro atoms. The number of nitrogens with zero attached hydrogens (tertiary/aromatic N) is 2. The van der Waals surface area contributed by atoms with Crippen LogP contribution < -0.4 is 5.32 Å². The van der Waals surface area contributed by atoms with E-state index in [0.717, 1.165) is 31.4 Å². The molecule has 0 radical (unpaired) electrons. The maximum Gasteiger partial charge on any atom is 0.416 e. The average Bonchev–Trinajstić information content (AvgIpc) is 3.11. The van der Waals surface area contributed by atoms with Gasteiger partial charge in [0, 0.05) is 11.7 Å². The van der Waals surface area contributed by atoms with Crippen molar-refractivity contribution in [3.8, 4) is 11.4 Å². The van der Waals surface area contributed by atoms with Crippen molar-refractivity contribution in [2.24, 2.45) is 17.8 Å². The van der Waals surface area contributed by atoms with Crippen LogP contribution in [0.15, 0.2) is 42.6 Å². The van der Waals surface area contributed by atoms with Gasteiger partial charge in [0.1, 0.15) is 11.6 Å². The van der Waals surface area contributed by atoms with Gasteiger partial charge in [-0.2, -0.15) is 13.2 Å². The quantitative estimate of drug-likeness (QED) is 0.501. The van der Waals surface area contributed by atoms with Crippen LogP contribution in [0.3, 0.4) is 0 Å². The van der Waals surface area contributed by atoms with E-state index in [0.29, 0.717) is 29.3 Å². The molecule has 1 aromatic carbocycles. The largest absolute Gasteiger partial charge is 0.416 e. The standard InChI is InChI=1S/C25H23F4N3O/c26-19-10-17(25(27,28)29)4-5-18(19)22-30-21(20-3-1-2-6-32(20)22)23(33)31-24-11-14-7-15(12-24)9-16(8-14)13-24/h1-6,10,14-16H,7-9,11-13H2,(H,31,33). The minimum atomic E-state index is -4.64. The van der Waals surface area contributed by atoms with Crippen molar-refractivity contribution < 1.29 is 22.4 Å². The number of carbonyl (C=O) groups is 1. The fourth-order valence-electron chi connectivity index (χ4n) is 6.83. The van der Waals surface area contributed by atoms with Crippen molar-refractivity contribution >= 4 is 11.4 Å². The Morgan fingerprint density at radius 2 is 1.70 bits per heavy atom. The highest BCUT2D eigenvalue weighted by molar-refractivity contribution is 6.00. The van der Waals surface area contributed by atoms with Gasteiger partial charge in [-0.05, 0) is 86.6 Å². The molecule has 0 unspecified atom stereocenters. The van der Waals surface area contributed by atoms with Gasteiger partial charge in [0.05, 0.1) is 16.6 Å². The fraction of sp³-hybridized carbons (Fsp3) is 0.440. The molecule has 2 heterocycles. The summed E-state index contributed by atoms with van der Waals surface area (Å²) in [6.07, 6.45) is 3.69. The van der Waals surface area contributed by atoms with Crippen LogP contribution in [0.25, 0.3) is 16.9 Å². The highest BCUT2D eigenvalue weighted by atomic mass is 19.4. The van der Waals surface area contributed by atoms with Crippen LogP contribution in [0.4, 0.5) is 17.6 Å². The summed E-state index contributed by atoms with van der Waals surface area (Å²) in [4.78, 5) is 17.9. The SMILES string of the molecule is O=C(NC12CC3CC(CC(C3)C1)C2)c1nc(-c2ccc(C(F)(F)F)cc2F)n2ccccc12. The lowest BCUT2D eigenvalue weighted by Gasteiger charge is -2.56. The Bertz CT molecular complexity index is 1230. The van der Waals surface area contributed by atoms with Crippen LogP contribution in [0.1, 0.15) is 54.6 Å². The lowest BCUT2D eigenvalue weighted by Crippen LogP contribution is -2.59. The van der Waals surface area contributed by atoms with E-state index in [1.54, 1.807) is 28.8 Å². The lowest BCUT2D eigenvalue weighted by molar-refractivity contribution is -0.137. The normalized spacial score (nSPS) is 28.4. The Balaban J connectivity index is 1.37. The maximum atomic E-state index is 14.7. The summed E-state index contributed by atoms with van der Waals surface area (Å²) < 4.78 is 55.2. The number of hydrogen-bond acceptors (Lipinski definition) is 2. The average molecular weight is 457 g/mol. The second-order valence-electron chi connectivity index (χ2n) is 10.1. The molecule has 8 heteroatoms. The van der Waals surface area contributed by atoms with Gasteiger partial charge in [0.15, 0.2) is 5.69 Å². The molecule has 2 aromatic heterocycles. The molecule has 4 nitrogen and oxygen atoms in total. The van der Waals surface area contributed by atoms with Gasteiger partial charge >= 0.3 is 6.18 Å². The highest BCUT2D eigenvalue weighted by Crippen LogP contribution is 2.55. The number of pyridine rings is 1. The number of fused-ring (bicyclic) bond motifs is 1. The van der Waals surface area contributed by atoms with E-state index in [2.05, 4.69) is 10.3 Å². The maximum absolute atomic E-state index is 14.7. The van der Waals surface area contributed by atoms with Crippen molar-refractivity contribution in [1.82, 2.24) is 14.7 Å². The topological polar surface area (TPSA) is 46.4 Å². The molecule has 1 N–H and O–H groups in total. The Hall–Kier alpha value is -2.90. The molecule has 0 aliphatic heterocycles. The molecule has 4 aliphatic carbocycles. The number of hydrogen-bond donors (Lipinski definition) is 1. The van der Waals surface area contributed by atoms with Gasteiger partial charge in [-0.1, -0.05) is 6.07 Å². The molecule has 7 rings (SSSR count). The van der Waals surface area contributed by atoms with E-state index in [1.165, 1.54) is 19.3 Å². The number of halogens is 4. The molecule has 1 amide bonds. The molecule has 4 bridgehead atoms. The molecular weight excluding hydrogens is 434 g/mol.